The first-order valence-corrected chi connectivity index (χ1v) is 6.37. The number of halogens is 2. The molecule has 3 nitrogen and oxygen atoms in total. The minimum absolute atomic E-state index is 0.137. The fraction of sp³-hybridized carbons (Fsp3) is 0.267. The summed E-state index contributed by atoms with van der Waals surface area (Å²) in [6, 6.07) is 3.69. The van der Waals surface area contributed by atoms with Gasteiger partial charge in [-0.3, -0.25) is 0 Å². The van der Waals surface area contributed by atoms with Crippen LogP contribution in [0.5, 0.6) is 0 Å². The SMILES string of the molecule is C#CCn1c(C2CC2)nc(-c2c(F)cccc2F)c1N. The molecule has 0 unspecified atom stereocenters. The number of terminal acetylenes is 1. The van der Waals surface area contributed by atoms with Crippen LogP contribution in [0.15, 0.2) is 18.2 Å². The van der Waals surface area contributed by atoms with E-state index in [2.05, 4.69) is 10.9 Å². The molecule has 3 rings (SSSR count). The van der Waals surface area contributed by atoms with Gasteiger partial charge in [0.2, 0.25) is 0 Å². The molecule has 2 N–H and O–H groups in total. The molecule has 0 amide bonds. The lowest BCUT2D eigenvalue weighted by Crippen LogP contribution is -2.05. The average Bonchev–Trinajstić information content (AvgIpc) is 3.20. The van der Waals surface area contributed by atoms with Crippen LogP contribution in [-0.4, -0.2) is 9.55 Å². The number of nitrogens with two attached hydrogens (primary N) is 1. The predicted octanol–water partition coefficient (Wildman–Crippen LogP) is 2.92. The van der Waals surface area contributed by atoms with E-state index in [9.17, 15) is 8.78 Å². The van der Waals surface area contributed by atoms with Crippen molar-refractivity contribution in [3.63, 3.8) is 0 Å². The third-order valence-corrected chi connectivity index (χ3v) is 3.43. The monoisotopic (exact) mass is 273 g/mol. The Balaban J connectivity index is 2.20. The van der Waals surface area contributed by atoms with Gasteiger partial charge < -0.3 is 10.3 Å². The first-order chi connectivity index (χ1) is 9.63. The molecule has 0 atom stereocenters. The highest BCUT2D eigenvalue weighted by Gasteiger charge is 2.31. The zero-order valence-electron chi connectivity index (χ0n) is 10.7. The Morgan fingerprint density at radius 3 is 2.55 bits per heavy atom. The van der Waals surface area contributed by atoms with E-state index in [1.54, 1.807) is 4.57 Å². The van der Waals surface area contributed by atoms with Gasteiger partial charge in [0.15, 0.2) is 0 Å². The van der Waals surface area contributed by atoms with Crippen LogP contribution in [0.3, 0.4) is 0 Å². The van der Waals surface area contributed by atoms with E-state index in [0.717, 1.165) is 18.7 Å². The second kappa shape index (κ2) is 4.64. The van der Waals surface area contributed by atoms with Gasteiger partial charge in [0.1, 0.15) is 29.0 Å². The minimum Gasteiger partial charge on any atom is -0.383 e. The van der Waals surface area contributed by atoms with Crippen molar-refractivity contribution in [3.8, 4) is 23.6 Å². The van der Waals surface area contributed by atoms with Crippen molar-refractivity contribution in [1.82, 2.24) is 9.55 Å². The summed E-state index contributed by atoms with van der Waals surface area (Å²) in [4.78, 5) is 4.34. The molecule has 1 aromatic carbocycles. The molecule has 2 aromatic rings. The molecule has 1 fully saturated rings. The third kappa shape index (κ3) is 1.94. The van der Waals surface area contributed by atoms with Crippen LogP contribution in [-0.2, 0) is 6.54 Å². The summed E-state index contributed by atoms with van der Waals surface area (Å²) in [5.74, 6) is 2.37. The predicted molar refractivity (Wildman–Crippen MR) is 72.8 cm³/mol. The normalized spacial score (nSPS) is 14.2. The molecule has 1 aliphatic carbocycles. The molecule has 20 heavy (non-hydrogen) atoms. The molecular formula is C15H13F2N3. The maximum absolute atomic E-state index is 13.9. The van der Waals surface area contributed by atoms with E-state index >= 15 is 0 Å². The Morgan fingerprint density at radius 1 is 1.35 bits per heavy atom. The number of hydrogen-bond acceptors (Lipinski definition) is 2. The van der Waals surface area contributed by atoms with Crippen molar-refractivity contribution < 1.29 is 8.78 Å². The first-order valence-electron chi connectivity index (χ1n) is 6.37. The molecule has 0 bridgehead atoms. The molecule has 0 spiro atoms. The topological polar surface area (TPSA) is 43.8 Å². The summed E-state index contributed by atoms with van der Waals surface area (Å²) in [5.41, 5.74) is 5.94. The minimum atomic E-state index is -0.676. The summed E-state index contributed by atoms with van der Waals surface area (Å²) >= 11 is 0. The van der Waals surface area contributed by atoms with Crippen molar-refractivity contribution in [1.29, 1.82) is 0 Å². The zero-order chi connectivity index (χ0) is 14.3. The molecule has 1 aromatic heterocycles. The Hall–Kier alpha value is -2.35. The number of imidazole rings is 1. The van der Waals surface area contributed by atoms with Crippen molar-refractivity contribution in [2.45, 2.75) is 25.3 Å². The van der Waals surface area contributed by atoms with Gasteiger partial charge in [-0.25, -0.2) is 13.8 Å². The summed E-state index contributed by atoms with van der Waals surface area (Å²) in [5, 5.41) is 0. The van der Waals surface area contributed by atoms with E-state index in [1.165, 1.54) is 18.2 Å². The van der Waals surface area contributed by atoms with Crippen LogP contribution in [0.1, 0.15) is 24.6 Å². The van der Waals surface area contributed by atoms with Crippen LogP contribution >= 0.6 is 0 Å². The Kier molecular flexibility index (Phi) is 2.94. The highest BCUT2D eigenvalue weighted by Crippen LogP contribution is 2.42. The molecular weight excluding hydrogens is 260 g/mol. The summed E-state index contributed by atoms with van der Waals surface area (Å²) in [7, 11) is 0. The summed E-state index contributed by atoms with van der Waals surface area (Å²) in [6.07, 6.45) is 7.32. The smallest absolute Gasteiger partial charge is 0.135 e. The van der Waals surface area contributed by atoms with Crippen molar-refractivity contribution >= 4 is 5.82 Å². The molecule has 1 saturated carbocycles. The van der Waals surface area contributed by atoms with Gasteiger partial charge in [0.25, 0.3) is 0 Å². The quantitative estimate of drug-likeness (QED) is 0.874. The Labute approximate surface area is 115 Å². The van der Waals surface area contributed by atoms with Crippen molar-refractivity contribution in [2.24, 2.45) is 0 Å². The van der Waals surface area contributed by atoms with Gasteiger partial charge in [0, 0.05) is 5.92 Å². The summed E-state index contributed by atoms with van der Waals surface area (Å²) in [6.45, 7) is 0.251. The lowest BCUT2D eigenvalue weighted by molar-refractivity contribution is 0.589. The number of hydrogen-bond donors (Lipinski definition) is 1. The number of anilines is 1. The second-order valence-corrected chi connectivity index (χ2v) is 4.87. The summed E-state index contributed by atoms with van der Waals surface area (Å²) < 4.78 is 29.4. The average molecular weight is 273 g/mol. The number of benzene rings is 1. The van der Waals surface area contributed by atoms with E-state index in [-0.39, 0.29) is 29.5 Å². The molecule has 0 saturated heterocycles. The molecule has 102 valence electrons. The molecule has 0 aliphatic heterocycles. The third-order valence-electron chi connectivity index (χ3n) is 3.43. The Morgan fingerprint density at radius 2 is 2.00 bits per heavy atom. The molecule has 5 heteroatoms. The van der Waals surface area contributed by atoms with Gasteiger partial charge in [0.05, 0.1) is 12.1 Å². The van der Waals surface area contributed by atoms with Crippen LogP contribution in [0.25, 0.3) is 11.3 Å². The largest absolute Gasteiger partial charge is 0.383 e. The molecule has 0 radical (unpaired) electrons. The highest BCUT2D eigenvalue weighted by molar-refractivity contribution is 5.72. The van der Waals surface area contributed by atoms with E-state index in [0.29, 0.717) is 0 Å². The van der Waals surface area contributed by atoms with E-state index in [4.69, 9.17) is 12.2 Å². The number of rotatable bonds is 3. The fourth-order valence-electron chi connectivity index (χ4n) is 2.30. The van der Waals surface area contributed by atoms with Crippen LogP contribution in [0.4, 0.5) is 14.6 Å². The van der Waals surface area contributed by atoms with Crippen molar-refractivity contribution in [3.05, 3.63) is 35.7 Å². The van der Waals surface area contributed by atoms with Crippen LogP contribution < -0.4 is 5.73 Å². The maximum Gasteiger partial charge on any atom is 0.135 e. The van der Waals surface area contributed by atoms with Gasteiger partial charge in [-0.2, -0.15) is 0 Å². The van der Waals surface area contributed by atoms with Crippen LogP contribution in [0, 0.1) is 24.0 Å². The lowest BCUT2D eigenvalue weighted by Gasteiger charge is -2.05. The van der Waals surface area contributed by atoms with Gasteiger partial charge in [-0.15, -0.1) is 6.42 Å². The number of aromatic nitrogens is 2. The number of nitrogens with zero attached hydrogens (tertiary/aromatic N) is 2. The molecule has 1 aliphatic rings. The number of nitrogen functional groups attached to an aromatic ring is 1. The van der Waals surface area contributed by atoms with E-state index in [1.807, 2.05) is 0 Å². The standard InChI is InChI=1S/C15H13F2N3/c1-2-8-20-14(18)13(19-15(20)9-6-7-9)12-10(16)4-3-5-11(12)17/h1,3-5,9H,6-8,18H2. The molecule has 1 heterocycles. The fourth-order valence-corrected chi connectivity index (χ4v) is 2.30. The lowest BCUT2D eigenvalue weighted by atomic mass is 10.1. The van der Waals surface area contributed by atoms with Gasteiger partial charge in [-0.05, 0) is 25.0 Å². The van der Waals surface area contributed by atoms with Gasteiger partial charge in [-0.1, -0.05) is 12.0 Å². The zero-order valence-corrected chi connectivity index (χ0v) is 10.7. The second-order valence-electron chi connectivity index (χ2n) is 4.87. The van der Waals surface area contributed by atoms with Crippen molar-refractivity contribution in [2.75, 3.05) is 5.73 Å². The highest BCUT2D eigenvalue weighted by atomic mass is 19.1. The maximum atomic E-state index is 13.9. The Bertz CT molecular complexity index is 688. The van der Waals surface area contributed by atoms with Crippen LogP contribution in [0.2, 0.25) is 0 Å². The van der Waals surface area contributed by atoms with Gasteiger partial charge >= 0.3 is 0 Å². The van der Waals surface area contributed by atoms with E-state index < -0.39 is 11.6 Å². The first kappa shape index (κ1) is 12.7.